The smallest absolute Gasteiger partial charge is 0.0731 e. The van der Waals surface area contributed by atoms with Crippen molar-refractivity contribution in [3.05, 3.63) is 0 Å². The molecule has 0 heterocycles. The molecule has 2 aliphatic rings. The second-order valence-corrected chi connectivity index (χ2v) is 5.73. The molecule has 0 spiro atoms. The molecule has 0 aromatic carbocycles. The fourth-order valence-electron chi connectivity index (χ4n) is 3.90. The molecule has 2 N–H and O–H groups in total. The van der Waals surface area contributed by atoms with E-state index in [2.05, 4.69) is 0 Å². The molecular weight excluding hydrogens is 176 g/mol. The van der Waals surface area contributed by atoms with Crippen LogP contribution in [0.1, 0.15) is 58.8 Å². The van der Waals surface area contributed by atoms with Gasteiger partial charge in [0, 0.05) is 5.41 Å². The van der Waals surface area contributed by atoms with Gasteiger partial charge in [0.25, 0.3) is 0 Å². The molecular formula is C12H22O2. The van der Waals surface area contributed by atoms with Gasteiger partial charge in [0.2, 0.25) is 0 Å². The highest BCUT2D eigenvalue weighted by Gasteiger charge is 2.61. The van der Waals surface area contributed by atoms with Crippen LogP contribution in [0.4, 0.5) is 0 Å². The Morgan fingerprint density at radius 2 is 1.43 bits per heavy atom. The molecule has 2 atom stereocenters. The van der Waals surface area contributed by atoms with Crippen LogP contribution in [0.15, 0.2) is 0 Å². The third kappa shape index (κ3) is 1.17. The molecule has 0 aromatic rings. The average Bonchev–Trinajstić information content (AvgIpc) is 2.41. The van der Waals surface area contributed by atoms with Crippen LogP contribution in [-0.4, -0.2) is 21.4 Å². The summed E-state index contributed by atoms with van der Waals surface area (Å²) in [5.74, 6) is 0. The normalized spacial score (nSPS) is 43.7. The van der Waals surface area contributed by atoms with E-state index in [-0.39, 0.29) is 5.41 Å². The summed E-state index contributed by atoms with van der Waals surface area (Å²) in [4.78, 5) is 0. The molecule has 2 heteroatoms. The van der Waals surface area contributed by atoms with Crippen LogP contribution in [0.25, 0.3) is 0 Å². The topological polar surface area (TPSA) is 40.5 Å². The molecule has 2 rings (SSSR count). The summed E-state index contributed by atoms with van der Waals surface area (Å²) in [7, 11) is 0. The van der Waals surface area contributed by atoms with Gasteiger partial charge in [-0.1, -0.05) is 12.8 Å². The first-order chi connectivity index (χ1) is 6.41. The molecule has 2 nitrogen and oxygen atoms in total. The minimum Gasteiger partial charge on any atom is -0.390 e. The highest BCUT2D eigenvalue weighted by Crippen LogP contribution is 2.60. The van der Waals surface area contributed by atoms with Crippen molar-refractivity contribution >= 4 is 0 Å². The lowest BCUT2D eigenvalue weighted by molar-refractivity contribution is -0.185. The molecule has 2 fully saturated rings. The maximum absolute atomic E-state index is 10.6. The first-order valence-electron chi connectivity index (χ1n) is 5.86. The van der Waals surface area contributed by atoms with E-state index in [1.54, 1.807) is 0 Å². The molecule has 2 unspecified atom stereocenters. The minimum atomic E-state index is -0.737. The molecule has 2 aliphatic carbocycles. The van der Waals surface area contributed by atoms with Gasteiger partial charge in [-0.3, -0.25) is 0 Å². The fourth-order valence-corrected chi connectivity index (χ4v) is 3.90. The molecule has 14 heavy (non-hydrogen) atoms. The van der Waals surface area contributed by atoms with Crippen molar-refractivity contribution in [1.29, 1.82) is 0 Å². The lowest BCUT2D eigenvalue weighted by atomic mass is 9.57. The number of rotatable bonds is 1. The molecule has 0 amide bonds. The fraction of sp³-hybridized carbons (Fsp3) is 1.00. The maximum atomic E-state index is 10.6. The summed E-state index contributed by atoms with van der Waals surface area (Å²) in [6.07, 6.45) is 7.11. The highest BCUT2D eigenvalue weighted by atomic mass is 16.3. The number of hydrogen-bond acceptors (Lipinski definition) is 2. The van der Waals surface area contributed by atoms with Gasteiger partial charge in [-0.25, -0.2) is 0 Å². The Hall–Kier alpha value is -0.0800. The van der Waals surface area contributed by atoms with Gasteiger partial charge in [-0.15, -0.1) is 0 Å². The van der Waals surface area contributed by atoms with Crippen LogP contribution < -0.4 is 0 Å². The van der Waals surface area contributed by atoms with Crippen molar-refractivity contribution in [1.82, 2.24) is 0 Å². The minimum absolute atomic E-state index is 0.224. The van der Waals surface area contributed by atoms with Gasteiger partial charge in [0.15, 0.2) is 0 Å². The van der Waals surface area contributed by atoms with E-state index in [0.29, 0.717) is 0 Å². The van der Waals surface area contributed by atoms with E-state index in [4.69, 9.17) is 0 Å². The van der Waals surface area contributed by atoms with Crippen molar-refractivity contribution in [3.63, 3.8) is 0 Å². The Morgan fingerprint density at radius 1 is 0.929 bits per heavy atom. The van der Waals surface area contributed by atoms with Crippen molar-refractivity contribution in [2.24, 2.45) is 5.41 Å². The zero-order valence-electron chi connectivity index (χ0n) is 9.34. The zero-order chi connectivity index (χ0) is 10.4. The third-order valence-corrected chi connectivity index (χ3v) is 4.70. The van der Waals surface area contributed by atoms with Crippen LogP contribution in [0.2, 0.25) is 0 Å². The van der Waals surface area contributed by atoms with Crippen molar-refractivity contribution in [2.75, 3.05) is 0 Å². The Balaban J connectivity index is 2.38. The van der Waals surface area contributed by atoms with Crippen molar-refractivity contribution in [3.8, 4) is 0 Å². The van der Waals surface area contributed by atoms with Crippen LogP contribution >= 0.6 is 0 Å². The maximum Gasteiger partial charge on any atom is 0.0731 e. The standard InChI is InChI=1S/C12H22O2/c1-10(2,13)11-6-3-4-8-12(11,14)9-5-7-11/h13-14H,3-9H2,1-2H3. The molecule has 0 saturated heterocycles. The summed E-state index contributed by atoms with van der Waals surface area (Å²) < 4.78 is 0. The summed E-state index contributed by atoms with van der Waals surface area (Å²) in [5, 5.41) is 20.9. The second kappa shape index (κ2) is 2.96. The van der Waals surface area contributed by atoms with Gasteiger partial charge >= 0.3 is 0 Å². The van der Waals surface area contributed by atoms with E-state index >= 15 is 0 Å². The van der Waals surface area contributed by atoms with Crippen LogP contribution in [0, 0.1) is 5.41 Å². The van der Waals surface area contributed by atoms with Gasteiger partial charge in [0.05, 0.1) is 11.2 Å². The van der Waals surface area contributed by atoms with Crippen LogP contribution in [-0.2, 0) is 0 Å². The van der Waals surface area contributed by atoms with E-state index in [0.717, 1.165) is 44.9 Å². The van der Waals surface area contributed by atoms with Gasteiger partial charge in [0.1, 0.15) is 0 Å². The molecule has 0 bridgehead atoms. The molecule has 2 saturated carbocycles. The van der Waals surface area contributed by atoms with Gasteiger partial charge in [-0.2, -0.15) is 0 Å². The monoisotopic (exact) mass is 198 g/mol. The zero-order valence-corrected chi connectivity index (χ0v) is 9.34. The predicted octanol–water partition coefficient (Wildman–Crippen LogP) is 2.23. The lowest BCUT2D eigenvalue weighted by Gasteiger charge is -2.53. The second-order valence-electron chi connectivity index (χ2n) is 5.73. The number of fused-ring (bicyclic) bond motifs is 1. The molecule has 0 aliphatic heterocycles. The SMILES string of the molecule is CC(C)(O)C12CCCCC1(O)CCC2. The molecule has 82 valence electrons. The van der Waals surface area contributed by atoms with Crippen LogP contribution in [0.3, 0.4) is 0 Å². The largest absolute Gasteiger partial charge is 0.390 e. The summed E-state index contributed by atoms with van der Waals surface area (Å²) in [6.45, 7) is 3.74. The predicted molar refractivity (Wildman–Crippen MR) is 56.0 cm³/mol. The Kier molecular flexibility index (Phi) is 2.20. The van der Waals surface area contributed by atoms with E-state index < -0.39 is 11.2 Å². The average molecular weight is 198 g/mol. The van der Waals surface area contributed by atoms with Crippen molar-refractivity contribution < 1.29 is 10.2 Å². The summed E-state index contributed by atoms with van der Waals surface area (Å²) in [6, 6.07) is 0. The first kappa shape index (κ1) is 10.4. The van der Waals surface area contributed by atoms with E-state index in [1.165, 1.54) is 0 Å². The third-order valence-electron chi connectivity index (χ3n) is 4.70. The Bertz CT molecular complexity index is 231. The first-order valence-corrected chi connectivity index (χ1v) is 5.86. The Morgan fingerprint density at radius 3 is 2.00 bits per heavy atom. The van der Waals surface area contributed by atoms with Gasteiger partial charge < -0.3 is 10.2 Å². The Labute approximate surface area is 86.3 Å². The van der Waals surface area contributed by atoms with Crippen LogP contribution in [0.5, 0.6) is 0 Å². The molecule has 0 aromatic heterocycles. The van der Waals surface area contributed by atoms with Gasteiger partial charge in [-0.05, 0) is 46.0 Å². The van der Waals surface area contributed by atoms with E-state index in [1.807, 2.05) is 13.8 Å². The quantitative estimate of drug-likeness (QED) is 0.678. The molecule has 0 radical (unpaired) electrons. The summed E-state index contributed by atoms with van der Waals surface area (Å²) >= 11 is 0. The summed E-state index contributed by atoms with van der Waals surface area (Å²) in [5.41, 5.74) is -1.54. The van der Waals surface area contributed by atoms with E-state index in [9.17, 15) is 10.2 Å². The van der Waals surface area contributed by atoms with Crippen molar-refractivity contribution in [2.45, 2.75) is 70.0 Å². The number of aliphatic hydroxyl groups is 2. The highest BCUT2D eigenvalue weighted by molar-refractivity contribution is 5.12. The number of hydrogen-bond donors (Lipinski definition) is 2. The lowest BCUT2D eigenvalue weighted by Crippen LogP contribution is -2.58.